The molecule has 10 heteroatoms. The van der Waals surface area contributed by atoms with E-state index in [4.69, 9.17) is 4.74 Å². The zero-order valence-corrected chi connectivity index (χ0v) is 23.7. The third kappa shape index (κ3) is 8.56. The average Bonchev–Trinajstić information content (AvgIpc) is 3.38. The molecule has 3 aromatic carbocycles. The Morgan fingerprint density at radius 1 is 1.02 bits per heavy atom. The summed E-state index contributed by atoms with van der Waals surface area (Å²) in [5.41, 5.74) is 1.43. The molecular weight excluding hydrogens is 547 g/mol. The number of hydrogen-bond donors (Lipinski definition) is 3. The molecule has 0 saturated carbocycles. The highest BCUT2D eigenvalue weighted by molar-refractivity contribution is 5.99. The lowest BCUT2D eigenvalue weighted by atomic mass is 10.00. The molecule has 7 nitrogen and oxygen atoms in total. The highest BCUT2D eigenvalue weighted by Gasteiger charge is 2.30. The summed E-state index contributed by atoms with van der Waals surface area (Å²) in [4.78, 5) is 27.6. The van der Waals surface area contributed by atoms with Gasteiger partial charge in [-0.15, -0.1) is 0 Å². The fourth-order valence-electron chi connectivity index (χ4n) is 4.90. The number of nitrogens with zero attached hydrogens (tertiary/aromatic N) is 1. The molecule has 1 aliphatic heterocycles. The van der Waals surface area contributed by atoms with Gasteiger partial charge >= 0.3 is 6.18 Å². The van der Waals surface area contributed by atoms with Crippen molar-refractivity contribution in [2.45, 2.75) is 64.1 Å². The molecule has 1 saturated heterocycles. The predicted octanol–water partition coefficient (Wildman–Crippen LogP) is 5.11. The fraction of sp³-hybridized carbons (Fsp3) is 0.375. The molecule has 2 atom stereocenters. The van der Waals surface area contributed by atoms with Gasteiger partial charge in [0.1, 0.15) is 5.75 Å². The number of nitrogens with one attached hydrogen (secondary N) is 2. The quantitative estimate of drug-likeness (QED) is 0.276. The van der Waals surface area contributed by atoms with Crippen molar-refractivity contribution in [3.05, 3.63) is 95.1 Å². The molecule has 0 radical (unpaired) electrons. The Balaban J connectivity index is 1.51. The fourth-order valence-corrected chi connectivity index (χ4v) is 4.90. The number of benzene rings is 3. The van der Waals surface area contributed by atoms with Crippen LogP contribution in [0.25, 0.3) is 0 Å². The maximum Gasteiger partial charge on any atom is 0.416 e. The number of hydrogen-bond acceptors (Lipinski definition) is 5. The Morgan fingerprint density at radius 2 is 1.76 bits per heavy atom. The highest BCUT2D eigenvalue weighted by atomic mass is 19.4. The van der Waals surface area contributed by atoms with Gasteiger partial charge in [-0.1, -0.05) is 48.5 Å². The maximum atomic E-state index is 13.6. The van der Waals surface area contributed by atoms with E-state index in [2.05, 4.69) is 10.6 Å². The van der Waals surface area contributed by atoms with Crippen LogP contribution in [-0.4, -0.2) is 48.3 Å². The normalized spacial score (nSPS) is 15.1. The average molecular weight is 584 g/mol. The van der Waals surface area contributed by atoms with Gasteiger partial charge in [0.2, 0.25) is 5.91 Å². The molecule has 1 fully saturated rings. The molecule has 0 aromatic heterocycles. The van der Waals surface area contributed by atoms with Crippen LogP contribution in [0.4, 0.5) is 18.9 Å². The molecule has 1 aliphatic rings. The largest absolute Gasteiger partial charge is 0.491 e. The van der Waals surface area contributed by atoms with Gasteiger partial charge in [0, 0.05) is 43.4 Å². The van der Waals surface area contributed by atoms with Gasteiger partial charge in [0.15, 0.2) is 0 Å². The van der Waals surface area contributed by atoms with Gasteiger partial charge in [-0.2, -0.15) is 13.2 Å². The lowest BCUT2D eigenvalue weighted by Gasteiger charge is -2.26. The third-order valence-electron chi connectivity index (χ3n) is 6.93. The standard InChI is InChI=1S/C32H36F3N3O4/c1-21(2)42-27-17-24(16-26(18-27)38-13-7-12-30(38)40)31(41)37-28(15-22-8-4-3-5-9-22)29(39)20-36-19-23-10-6-11-25(14-23)32(33,34)35/h3-6,8-11,14,16-18,21,28-29,36,39H,7,12-13,15,19-20H2,1-2H3,(H,37,41)/t28-,29+/m0/s1. The molecule has 0 unspecified atom stereocenters. The number of carbonyl (C=O) groups excluding carboxylic acids is 2. The number of rotatable bonds is 12. The SMILES string of the molecule is CC(C)Oc1cc(C(=O)N[C@@H](Cc2ccccc2)[C@H](O)CNCc2cccc(C(F)(F)F)c2)cc(N2CCCC2=O)c1. The minimum atomic E-state index is -4.44. The van der Waals surface area contributed by atoms with E-state index < -0.39 is 29.8 Å². The molecule has 0 aliphatic carbocycles. The van der Waals surface area contributed by atoms with Crippen molar-refractivity contribution in [2.75, 3.05) is 18.0 Å². The Morgan fingerprint density at radius 3 is 2.43 bits per heavy atom. The van der Waals surface area contributed by atoms with Crippen LogP contribution in [0.1, 0.15) is 53.7 Å². The van der Waals surface area contributed by atoms with E-state index in [1.165, 1.54) is 6.07 Å². The summed E-state index contributed by atoms with van der Waals surface area (Å²) in [6.07, 6.45) is -4.17. The van der Waals surface area contributed by atoms with E-state index >= 15 is 0 Å². The number of aliphatic hydroxyl groups is 1. The minimum Gasteiger partial charge on any atom is -0.491 e. The van der Waals surface area contributed by atoms with E-state index in [0.29, 0.717) is 36.4 Å². The van der Waals surface area contributed by atoms with E-state index in [-0.39, 0.29) is 30.7 Å². The summed E-state index contributed by atoms with van der Waals surface area (Å²) < 4.78 is 45.1. The van der Waals surface area contributed by atoms with Crippen molar-refractivity contribution in [1.29, 1.82) is 0 Å². The topological polar surface area (TPSA) is 90.9 Å². The second-order valence-electron chi connectivity index (χ2n) is 10.7. The van der Waals surface area contributed by atoms with E-state index in [1.54, 1.807) is 29.2 Å². The Kier molecular flexibility index (Phi) is 10.2. The molecule has 0 spiro atoms. The number of anilines is 1. The summed E-state index contributed by atoms with van der Waals surface area (Å²) >= 11 is 0. The van der Waals surface area contributed by atoms with E-state index in [9.17, 15) is 27.9 Å². The molecular formula is C32H36F3N3O4. The number of halogens is 3. The summed E-state index contributed by atoms with van der Waals surface area (Å²) in [6, 6.07) is 18.6. The lowest BCUT2D eigenvalue weighted by Crippen LogP contribution is -2.48. The molecule has 2 amide bonds. The summed E-state index contributed by atoms with van der Waals surface area (Å²) in [7, 11) is 0. The summed E-state index contributed by atoms with van der Waals surface area (Å²) in [5.74, 6) is -0.0162. The van der Waals surface area contributed by atoms with Crippen LogP contribution in [0.15, 0.2) is 72.8 Å². The Bertz CT molecular complexity index is 1360. The number of alkyl halides is 3. The molecule has 4 rings (SSSR count). The van der Waals surface area contributed by atoms with Crippen LogP contribution in [-0.2, 0) is 23.9 Å². The zero-order valence-electron chi connectivity index (χ0n) is 23.7. The summed E-state index contributed by atoms with van der Waals surface area (Å²) in [5, 5.41) is 17.1. The Labute approximate surface area is 243 Å². The molecule has 224 valence electrons. The molecule has 3 aromatic rings. The summed E-state index contributed by atoms with van der Waals surface area (Å²) in [6.45, 7) is 4.42. The van der Waals surface area contributed by atoms with Crippen LogP contribution in [0, 0.1) is 0 Å². The predicted molar refractivity (Wildman–Crippen MR) is 154 cm³/mol. The molecule has 42 heavy (non-hydrogen) atoms. The van der Waals surface area contributed by atoms with Gasteiger partial charge < -0.3 is 25.4 Å². The van der Waals surface area contributed by atoms with Crippen molar-refractivity contribution in [3.8, 4) is 5.75 Å². The van der Waals surface area contributed by atoms with Gasteiger partial charge in [0.05, 0.1) is 23.8 Å². The molecule has 1 heterocycles. The maximum absolute atomic E-state index is 13.6. The highest BCUT2D eigenvalue weighted by Crippen LogP contribution is 2.30. The molecule has 0 bridgehead atoms. The monoisotopic (exact) mass is 583 g/mol. The lowest BCUT2D eigenvalue weighted by molar-refractivity contribution is -0.137. The van der Waals surface area contributed by atoms with Crippen molar-refractivity contribution in [1.82, 2.24) is 10.6 Å². The first-order chi connectivity index (χ1) is 20.0. The zero-order chi connectivity index (χ0) is 30.3. The van der Waals surface area contributed by atoms with Crippen LogP contribution in [0.2, 0.25) is 0 Å². The van der Waals surface area contributed by atoms with Gasteiger partial charge in [-0.25, -0.2) is 0 Å². The third-order valence-corrected chi connectivity index (χ3v) is 6.93. The first-order valence-corrected chi connectivity index (χ1v) is 14.0. The van der Waals surface area contributed by atoms with Crippen LogP contribution in [0.3, 0.4) is 0 Å². The number of carbonyl (C=O) groups is 2. The van der Waals surface area contributed by atoms with E-state index in [0.717, 1.165) is 24.1 Å². The second-order valence-corrected chi connectivity index (χ2v) is 10.7. The van der Waals surface area contributed by atoms with E-state index in [1.807, 2.05) is 44.2 Å². The van der Waals surface area contributed by atoms with Gasteiger partial charge in [0.25, 0.3) is 5.91 Å². The first kappa shape index (κ1) is 31.1. The van der Waals surface area contributed by atoms with Gasteiger partial charge in [-0.3, -0.25) is 9.59 Å². The van der Waals surface area contributed by atoms with Crippen molar-refractivity contribution < 1.29 is 32.6 Å². The minimum absolute atomic E-state index is 0.0210. The van der Waals surface area contributed by atoms with Crippen molar-refractivity contribution in [3.63, 3.8) is 0 Å². The number of aliphatic hydroxyl groups excluding tert-OH is 1. The Hall–Kier alpha value is -3.89. The second kappa shape index (κ2) is 13.8. The van der Waals surface area contributed by atoms with Gasteiger partial charge in [-0.05, 0) is 56.0 Å². The number of ether oxygens (including phenoxy) is 1. The van der Waals surface area contributed by atoms with Crippen molar-refractivity contribution in [2.24, 2.45) is 0 Å². The van der Waals surface area contributed by atoms with Crippen molar-refractivity contribution >= 4 is 17.5 Å². The van der Waals surface area contributed by atoms with Crippen LogP contribution < -0.4 is 20.3 Å². The first-order valence-electron chi connectivity index (χ1n) is 14.0. The smallest absolute Gasteiger partial charge is 0.416 e. The van der Waals surface area contributed by atoms with Crippen LogP contribution >= 0.6 is 0 Å². The van der Waals surface area contributed by atoms with Crippen LogP contribution in [0.5, 0.6) is 5.75 Å². The number of amides is 2. The molecule has 3 N–H and O–H groups in total.